The summed E-state index contributed by atoms with van der Waals surface area (Å²) >= 11 is 0. The highest BCUT2D eigenvalue weighted by molar-refractivity contribution is 6.46. The van der Waals surface area contributed by atoms with Gasteiger partial charge in [-0.3, -0.25) is 4.79 Å². The molecule has 0 heterocycles. The first kappa shape index (κ1) is 24.4. The molecule has 0 spiro atoms. The summed E-state index contributed by atoms with van der Waals surface area (Å²) in [5.41, 5.74) is 1.85. The summed E-state index contributed by atoms with van der Waals surface area (Å²) in [6, 6.07) is 17.8. The number of ketones is 1. The number of oxime groups is 1. The molecule has 0 aromatic heterocycles. The van der Waals surface area contributed by atoms with Crippen LogP contribution in [0.15, 0.2) is 65.8 Å². The van der Waals surface area contributed by atoms with Gasteiger partial charge in [0, 0.05) is 12.0 Å². The van der Waals surface area contributed by atoms with Crippen molar-refractivity contribution < 1.29 is 33.7 Å². The predicted molar refractivity (Wildman–Crippen MR) is 127 cm³/mol. The van der Waals surface area contributed by atoms with Gasteiger partial charge in [0.05, 0.1) is 28.4 Å². The Kier molecular flexibility index (Phi) is 8.34. The molecule has 3 aromatic rings. The maximum atomic E-state index is 13.2. The normalized spacial score (nSPS) is 11.0. The highest BCUT2D eigenvalue weighted by Gasteiger charge is 2.20. The van der Waals surface area contributed by atoms with Gasteiger partial charge in [0.15, 0.2) is 23.0 Å². The number of carbonyl (C=O) groups is 1. The monoisotopic (exact) mass is 465 g/mol. The molecule has 0 amide bonds. The molecular weight excluding hydrogens is 438 g/mol. The first-order valence-electron chi connectivity index (χ1n) is 10.4. The zero-order valence-electron chi connectivity index (χ0n) is 19.5. The van der Waals surface area contributed by atoms with E-state index in [1.807, 2.05) is 30.3 Å². The topological polar surface area (TPSA) is 95.8 Å². The zero-order chi connectivity index (χ0) is 24.5. The fourth-order valence-electron chi connectivity index (χ4n) is 3.42. The molecule has 0 radical (unpaired) electrons. The van der Waals surface area contributed by atoms with Crippen LogP contribution in [0, 0.1) is 0 Å². The summed E-state index contributed by atoms with van der Waals surface area (Å²) in [5, 5.41) is 12.9. The average Bonchev–Trinajstić information content (AvgIpc) is 2.89. The third kappa shape index (κ3) is 5.58. The molecule has 0 unspecified atom stereocenters. The Morgan fingerprint density at radius 2 is 1.41 bits per heavy atom. The number of hydrogen-bond acceptors (Lipinski definition) is 8. The summed E-state index contributed by atoms with van der Waals surface area (Å²) in [4.78, 5) is 13.2. The molecule has 178 valence electrons. The van der Waals surface area contributed by atoms with Crippen LogP contribution in [0.5, 0.6) is 28.7 Å². The van der Waals surface area contributed by atoms with Gasteiger partial charge in [-0.25, -0.2) is 0 Å². The van der Waals surface area contributed by atoms with E-state index >= 15 is 0 Å². The molecule has 0 aliphatic rings. The minimum Gasteiger partial charge on any atom is -0.493 e. The molecule has 0 saturated heterocycles. The summed E-state index contributed by atoms with van der Waals surface area (Å²) in [6.45, 7) is 0.307. The fraction of sp³-hybridized carbons (Fsp3) is 0.231. The maximum Gasteiger partial charge on any atom is 0.211 e. The molecule has 0 saturated carbocycles. The van der Waals surface area contributed by atoms with Crippen LogP contribution in [0.2, 0.25) is 0 Å². The lowest BCUT2D eigenvalue weighted by molar-refractivity contribution is 0.105. The molecule has 0 atom stereocenters. The van der Waals surface area contributed by atoms with Crippen LogP contribution in [0.1, 0.15) is 21.5 Å². The van der Waals surface area contributed by atoms with E-state index in [9.17, 15) is 10.0 Å². The van der Waals surface area contributed by atoms with E-state index < -0.39 is 5.78 Å². The van der Waals surface area contributed by atoms with Gasteiger partial charge in [-0.15, -0.1) is 0 Å². The highest BCUT2D eigenvalue weighted by atomic mass is 16.5. The van der Waals surface area contributed by atoms with Gasteiger partial charge in [-0.05, 0) is 41.5 Å². The number of benzene rings is 3. The number of nitrogens with zero attached hydrogens (tertiary/aromatic N) is 1. The van der Waals surface area contributed by atoms with Crippen LogP contribution in [0.3, 0.4) is 0 Å². The second-order valence-electron chi connectivity index (χ2n) is 7.23. The van der Waals surface area contributed by atoms with Gasteiger partial charge in [0.2, 0.25) is 11.5 Å². The number of methoxy groups -OCH3 is 4. The van der Waals surface area contributed by atoms with Gasteiger partial charge < -0.3 is 28.9 Å². The lowest BCUT2D eigenvalue weighted by atomic mass is 9.99. The predicted octanol–water partition coefficient (Wildman–Crippen LogP) is 4.56. The first-order chi connectivity index (χ1) is 16.5. The Hall–Kier alpha value is -4.20. The molecule has 1 N–H and O–H groups in total. The quantitative estimate of drug-likeness (QED) is 0.192. The molecule has 8 nitrogen and oxygen atoms in total. The van der Waals surface area contributed by atoms with E-state index in [2.05, 4.69) is 5.16 Å². The number of hydrogen-bond donors (Lipinski definition) is 1. The van der Waals surface area contributed by atoms with E-state index in [4.69, 9.17) is 23.7 Å². The van der Waals surface area contributed by atoms with Crippen molar-refractivity contribution in [2.75, 3.05) is 28.4 Å². The fourth-order valence-corrected chi connectivity index (χ4v) is 3.42. The van der Waals surface area contributed by atoms with E-state index in [1.165, 1.54) is 28.4 Å². The third-order valence-electron chi connectivity index (χ3n) is 5.14. The number of rotatable bonds is 11. The lowest BCUT2D eigenvalue weighted by Crippen LogP contribution is -2.18. The summed E-state index contributed by atoms with van der Waals surface area (Å²) in [6.07, 6.45) is 0.0400. The van der Waals surface area contributed by atoms with Crippen molar-refractivity contribution >= 4 is 11.5 Å². The standard InChI is InChI=1S/C26H27NO7/c1-30-21-11-10-19(15-22(21)34-16-17-8-6-5-7-9-17)25(28)20(27-29)12-18-13-23(31-2)26(33-4)24(14-18)32-3/h5-11,13-15,29H,12,16H2,1-4H3/b27-20-. The second kappa shape index (κ2) is 11.6. The van der Waals surface area contributed by atoms with Crippen LogP contribution in [0.25, 0.3) is 0 Å². The molecule has 8 heteroatoms. The molecular formula is C26H27NO7. The van der Waals surface area contributed by atoms with E-state index in [-0.39, 0.29) is 12.1 Å². The Morgan fingerprint density at radius 3 is 1.97 bits per heavy atom. The smallest absolute Gasteiger partial charge is 0.211 e. The molecule has 0 aliphatic carbocycles. The molecule has 3 aromatic carbocycles. The molecule has 0 fully saturated rings. The van der Waals surface area contributed by atoms with Gasteiger partial charge in [0.1, 0.15) is 12.3 Å². The van der Waals surface area contributed by atoms with E-state index in [1.54, 1.807) is 30.3 Å². The van der Waals surface area contributed by atoms with Crippen LogP contribution >= 0.6 is 0 Å². The lowest BCUT2D eigenvalue weighted by Gasteiger charge is -2.15. The Bertz CT molecular complexity index is 1130. The maximum absolute atomic E-state index is 13.2. The largest absolute Gasteiger partial charge is 0.493 e. The summed E-state index contributed by atoms with van der Waals surface area (Å²) in [7, 11) is 6.03. The summed E-state index contributed by atoms with van der Waals surface area (Å²) < 4.78 is 27.3. The van der Waals surface area contributed by atoms with Gasteiger partial charge in [0.25, 0.3) is 0 Å². The van der Waals surface area contributed by atoms with Crippen LogP contribution in [-0.2, 0) is 13.0 Å². The van der Waals surface area contributed by atoms with Gasteiger partial charge in [-0.2, -0.15) is 0 Å². The van der Waals surface area contributed by atoms with Crippen molar-refractivity contribution in [2.24, 2.45) is 5.16 Å². The van der Waals surface area contributed by atoms with Crippen molar-refractivity contribution in [3.05, 3.63) is 77.4 Å². The minimum absolute atomic E-state index is 0.0400. The van der Waals surface area contributed by atoms with Crippen molar-refractivity contribution in [2.45, 2.75) is 13.0 Å². The first-order valence-corrected chi connectivity index (χ1v) is 10.4. The highest BCUT2D eigenvalue weighted by Crippen LogP contribution is 2.38. The second-order valence-corrected chi connectivity index (χ2v) is 7.23. The Balaban J connectivity index is 1.85. The molecule has 0 bridgehead atoms. The van der Waals surface area contributed by atoms with Crippen LogP contribution in [0.4, 0.5) is 0 Å². The van der Waals surface area contributed by atoms with Crippen LogP contribution in [-0.4, -0.2) is 45.1 Å². The average molecular weight is 466 g/mol. The Morgan fingerprint density at radius 1 is 0.765 bits per heavy atom. The summed E-state index contributed by atoms with van der Waals surface area (Å²) in [5.74, 6) is 1.73. The number of carbonyl (C=O) groups excluding carboxylic acids is 1. The molecule has 0 aliphatic heterocycles. The zero-order valence-corrected chi connectivity index (χ0v) is 19.5. The third-order valence-corrected chi connectivity index (χ3v) is 5.14. The van der Waals surface area contributed by atoms with Crippen molar-refractivity contribution in [1.29, 1.82) is 0 Å². The van der Waals surface area contributed by atoms with Gasteiger partial charge in [-0.1, -0.05) is 35.5 Å². The van der Waals surface area contributed by atoms with Crippen molar-refractivity contribution in [1.82, 2.24) is 0 Å². The van der Waals surface area contributed by atoms with Gasteiger partial charge >= 0.3 is 0 Å². The Labute approximate surface area is 198 Å². The van der Waals surface area contributed by atoms with E-state index in [0.717, 1.165) is 5.56 Å². The minimum atomic E-state index is -0.455. The number of Topliss-reactive ketones (excluding diaryl/α,β-unsaturated/α-hetero) is 1. The molecule has 34 heavy (non-hydrogen) atoms. The van der Waals surface area contributed by atoms with Crippen molar-refractivity contribution in [3.8, 4) is 28.7 Å². The SMILES string of the molecule is COc1ccc(C(=O)/C(Cc2cc(OC)c(OC)c(OC)c2)=N\O)cc1OCc1ccccc1. The molecule has 3 rings (SSSR count). The van der Waals surface area contributed by atoms with Crippen molar-refractivity contribution in [3.63, 3.8) is 0 Å². The van der Waals surface area contributed by atoms with E-state index in [0.29, 0.717) is 46.5 Å². The van der Waals surface area contributed by atoms with Crippen LogP contribution < -0.4 is 23.7 Å². The number of ether oxygens (including phenoxy) is 5.